The quantitative estimate of drug-likeness (QED) is 0.0346. The Morgan fingerprint density at radius 2 is 0.567 bits per heavy atom. The third-order valence-electron chi connectivity index (χ3n) is 13.4. The molecule has 0 saturated carbocycles. The van der Waals surface area contributed by atoms with E-state index in [1.807, 2.05) is 0 Å². The molecule has 0 atom stereocenters. The van der Waals surface area contributed by atoms with E-state index in [0.717, 1.165) is 67.0 Å². The van der Waals surface area contributed by atoms with E-state index in [9.17, 15) is 0 Å². The van der Waals surface area contributed by atoms with Gasteiger partial charge >= 0.3 is 0 Å². The minimum Gasteiger partial charge on any atom is -0.378 e. The van der Waals surface area contributed by atoms with Crippen molar-refractivity contribution in [1.29, 1.82) is 0 Å². The number of ether oxygens (including phenoxy) is 2. The summed E-state index contributed by atoms with van der Waals surface area (Å²) in [5, 5.41) is 0. The van der Waals surface area contributed by atoms with Crippen LogP contribution in [0, 0.1) is 0 Å². The zero-order valence-corrected chi connectivity index (χ0v) is 42.7. The minimum absolute atomic E-state index is 0.707. The summed E-state index contributed by atoms with van der Waals surface area (Å²) < 4.78 is 14.0. The lowest BCUT2D eigenvalue weighted by Gasteiger charge is -2.42. The van der Waals surface area contributed by atoms with Gasteiger partial charge in [-0.05, 0) is 38.5 Å². The fourth-order valence-corrected chi connectivity index (χ4v) is 10.6. The number of hydrogen-bond acceptors (Lipinski definition) is 4. The zero-order chi connectivity index (χ0) is 43.2. The van der Waals surface area contributed by atoms with Crippen molar-refractivity contribution in [3.05, 3.63) is 0 Å². The maximum absolute atomic E-state index is 7.93. The summed E-state index contributed by atoms with van der Waals surface area (Å²) in [6.07, 6.45) is 55.4. The molecule has 1 rings (SSSR count). The highest BCUT2D eigenvalue weighted by Crippen LogP contribution is 2.33. The Morgan fingerprint density at radius 1 is 0.300 bits per heavy atom. The Labute approximate surface area is 383 Å². The van der Waals surface area contributed by atoms with Gasteiger partial charge in [-0.15, -0.1) is 4.65 Å². The van der Waals surface area contributed by atoms with Gasteiger partial charge in [-0.3, -0.25) is 0 Å². The molecule has 0 N–H and O–H groups in total. The summed E-state index contributed by atoms with van der Waals surface area (Å²) in [5.41, 5.74) is 0. The van der Waals surface area contributed by atoms with E-state index >= 15 is 0 Å². The van der Waals surface area contributed by atoms with Gasteiger partial charge in [-0.25, -0.2) is 0 Å². The second-order valence-corrected chi connectivity index (χ2v) is 20.7. The van der Waals surface area contributed by atoms with Crippen LogP contribution in [0.1, 0.15) is 285 Å². The lowest BCUT2D eigenvalue weighted by atomic mass is 10.1. The minimum atomic E-state index is 0.707. The first kappa shape index (κ1) is 58.2. The Bertz CT molecular complexity index is 719. The number of nitrogens with zero attached hydrogens (tertiary/aromatic N) is 2. The molecule has 0 aromatic heterocycles. The summed E-state index contributed by atoms with van der Waals surface area (Å²) in [4.78, 5) is 7.93. The third-order valence-corrected chi connectivity index (χ3v) is 14.7. The molecule has 1 aliphatic rings. The van der Waals surface area contributed by atoms with Crippen molar-refractivity contribution >= 4 is 11.9 Å². The number of rotatable bonds is 44. The van der Waals surface area contributed by atoms with Crippen LogP contribution in [0.2, 0.25) is 0 Å². The summed E-state index contributed by atoms with van der Waals surface area (Å²) in [6.45, 7) is 17.8. The fourth-order valence-electron chi connectivity index (χ4n) is 9.39. The van der Waals surface area contributed by atoms with Gasteiger partial charge < -0.3 is 9.47 Å². The predicted molar refractivity (Wildman–Crippen MR) is 267 cm³/mol. The number of quaternary nitrogens is 2. The lowest BCUT2D eigenvalue weighted by Crippen LogP contribution is -2.60. The summed E-state index contributed by atoms with van der Waals surface area (Å²) >= 11 is 2.10. The average molecular weight is 870 g/mol. The largest absolute Gasteiger partial charge is 0.378 e. The number of unbranched alkanes of at least 4 members (excludes halogenated alkanes) is 36. The highest BCUT2D eigenvalue weighted by Gasteiger charge is 2.44. The molecule has 60 heavy (non-hydrogen) atoms. The molecule has 0 amide bonds. The van der Waals surface area contributed by atoms with E-state index in [4.69, 9.17) is 14.4 Å². The normalized spacial score (nSPS) is 16.2. The third kappa shape index (κ3) is 36.5. The van der Waals surface area contributed by atoms with Crippen LogP contribution in [0.3, 0.4) is 0 Å². The maximum Gasteiger partial charge on any atom is 0.138 e. The van der Waals surface area contributed by atoms with Crippen molar-refractivity contribution in [3.63, 3.8) is 0 Å². The van der Waals surface area contributed by atoms with E-state index < -0.39 is 0 Å². The lowest BCUT2D eigenvalue weighted by molar-refractivity contribution is -1.30. The van der Waals surface area contributed by atoms with E-state index in [-0.39, 0.29) is 0 Å². The molecule has 0 aliphatic carbocycles. The average Bonchev–Trinajstić information content (AvgIpc) is 3.25. The Balaban J connectivity index is 3.10. The van der Waals surface area contributed by atoms with Crippen molar-refractivity contribution < 1.29 is 23.1 Å². The van der Waals surface area contributed by atoms with Crippen LogP contribution < -0.4 is 0 Å². The van der Waals surface area contributed by atoms with Crippen LogP contribution >= 0.6 is 11.9 Å². The first-order valence-corrected chi connectivity index (χ1v) is 28.8. The van der Waals surface area contributed by atoms with Gasteiger partial charge in [-0.2, -0.15) is 0 Å². The molecular weight excluding hydrogens is 757 g/mol. The van der Waals surface area contributed by atoms with Crippen LogP contribution in [-0.2, 0) is 14.4 Å². The molecule has 1 aliphatic heterocycles. The van der Waals surface area contributed by atoms with Crippen LogP contribution in [0.5, 0.6) is 0 Å². The van der Waals surface area contributed by atoms with Crippen molar-refractivity contribution in [2.24, 2.45) is 0 Å². The highest BCUT2D eigenvalue weighted by atomic mass is 32.2. The fraction of sp³-hybridized carbons (Fsp3) is 1.00. The molecule has 1 heterocycles. The monoisotopic (exact) mass is 869 g/mol. The molecular formula is C54H112N2O3S+2. The van der Waals surface area contributed by atoms with Crippen molar-refractivity contribution in [2.45, 2.75) is 285 Å². The van der Waals surface area contributed by atoms with Crippen LogP contribution in [-0.4, -0.2) is 73.6 Å². The van der Waals surface area contributed by atoms with E-state index in [1.165, 1.54) is 257 Å². The molecule has 0 radical (unpaired) electrons. The SMILES string of the molecule is CCCCCCCCCCCC[N+]1(CCCCCCCCCCCC)CCOCCOCCS[N+](CCCCCCCCCCCC)(CCCCCCCCCCCC)O1. The Morgan fingerprint density at radius 3 is 0.883 bits per heavy atom. The van der Waals surface area contributed by atoms with Crippen LogP contribution in [0.25, 0.3) is 0 Å². The van der Waals surface area contributed by atoms with Crippen molar-refractivity contribution in [3.8, 4) is 0 Å². The van der Waals surface area contributed by atoms with Gasteiger partial charge in [-0.1, -0.05) is 237 Å². The first-order chi connectivity index (χ1) is 29.7. The van der Waals surface area contributed by atoms with Crippen molar-refractivity contribution in [2.75, 3.05) is 64.9 Å². The van der Waals surface area contributed by atoms with Gasteiger partial charge in [0.1, 0.15) is 44.7 Å². The number of hydroxylamine groups is 5. The molecule has 1 saturated heterocycles. The van der Waals surface area contributed by atoms with Crippen molar-refractivity contribution in [1.82, 2.24) is 0 Å². The Hall–Kier alpha value is 0.150. The number of hydrogen-bond donors (Lipinski definition) is 0. The molecule has 0 spiro atoms. The molecule has 5 nitrogen and oxygen atoms in total. The summed E-state index contributed by atoms with van der Waals surface area (Å²) in [5.74, 6) is 1.01. The van der Waals surface area contributed by atoms with Gasteiger partial charge in [0.05, 0.1) is 32.2 Å². The van der Waals surface area contributed by atoms with Crippen LogP contribution in [0.15, 0.2) is 0 Å². The highest BCUT2D eigenvalue weighted by molar-refractivity contribution is 7.93. The van der Waals surface area contributed by atoms with E-state index in [2.05, 4.69) is 39.6 Å². The van der Waals surface area contributed by atoms with Gasteiger partial charge in [0.25, 0.3) is 0 Å². The molecule has 360 valence electrons. The molecule has 0 aromatic rings. The zero-order valence-electron chi connectivity index (χ0n) is 41.9. The predicted octanol–water partition coefficient (Wildman–Crippen LogP) is 17.8. The second kappa shape index (κ2) is 45.7. The maximum atomic E-state index is 7.93. The standard InChI is InChI=1S/C54H112N2O3S/c1-5-9-13-17-21-25-29-33-37-41-45-55(46-42-38-34-30-26-22-18-14-10-6-2)49-50-57-51-52-58-53-54-60-56(59-55,47-43-39-35-31-27-23-19-15-11-7-3)48-44-40-36-32-28-24-20-16-12-8-4/h5-54H2,1-4H3/q+2. The molecule has 0 aromatic carbocycles. The second-order valence-electron chi connectivity index (χ2n) is 19.4. The van der Waals surface area contributed by atoms with E-state index in [1.54, 1.807) is 0 Å². The molecule has 6 heteroatoms. The van der Waals surface area contributed by atoms with Gasteiger partial charge in [0.2, 0.25) is 0 Å². The molecule has 0 bridgehead atoms. The summed E-state index contributed by atoms with van der Waals surface area (Å²) in [7, 11) is 0. The molecule has 1 fully saturated rings. The van der Waals surface area contributed by atoms with E-state index in [0.29, 0.717) is 6.61 Å². The smallest absolute Gasteiger partial charge is 0.138 e. The molecule has 0 unspecified atom stereocenters. The first-order valence-electron chi connectivity index (χ1n) is 27.9. The van der Waals surface area contributed by atoms with Crippen LogP contribution in [0.4, 0.5) is 0 Å². The van der Waals surface area contributed by atoms with Gasteiger partial charge in [0, 0.05) is 17.8 Å². The Kier molecular flexibility index (Phi) is 44.3. The summed E-state index contributed by atoms with van der Waals surface area (Å²) in [6, 6.07) is 0. The van der Waals surface area contributed by atoms with Gasteiger partial charge in [0.15, 0.2) is 0 Å². The topological polar surface area (TPSA) is 27.7 Å².